The van der Waals surface area contributed by atoms with Crippen molar-refractivity contribution < 1.29 is 22.7 Å². The number of rotatable bonds is 8. The van der Waals surface area contributed by atoms with Gasteiger partial charge >= 0.3 is 0 Å². The first-order chi connectivity index (χ1) is 16.4. The lowest BCUT2D eigenvalue weighted by Gasteiger charge is -2.26. The fourth-order valence-electron chi connectivity index (χ4n) is 3.63. The number of carbonyl (C=O) groups excluding carboxylic acids is 1. The van der Waals surface area contributed by atoms with E-state index in [1.807, 2.05) is 49.4 Å². The average molecular weight is 481 g/mol. The molecule has 3 aromatic carbocycles. The fourth-order valence-corrected chi connectivity index (χ4v) is 5.07. The van der Waals surface area contributed by atoms with Crippen molar-refractivity contribution in [1.82, 2.24) is 4.31 Å². The Morgan fingerprint density at radius 2 is 1.71 bits per heavy atom. The highest BCUT2D eigenvalue weighted by Gasteiger charge is 2.27. The zero-order chi connectivity index (χ0) is 24.0. The van der Waals surface area contributed by atoms with Crippen molar-refractivity contribution in [2.24, 2.45) is 0 Å². The first-order valence-electron chi connectivity index (χ1n) is 11.2. The van der Waals surface area contributed by atoms with Gasteiger partial charge in [-0.3, -0.25) is 4.79 Å². The summed E-state index contributed by atoms with van der Waals surface area (Å²) in [5.41, 5.74) is 2.53. The monoisotopic (exact) mass is 480 g/mol. The molecule has 1 aliphatic heterocycles. The van der Waals surface area contributed by atoms with Gasteiger partial charge in [0.2, 0.25) is 15.9 Å². The van der Waals surface area contributed by atoms with Crippen molar-refractivity contribution in [2.45, 2.75) is 24.7 Å². The number of hydrogen-bond acceptors (Lipinski definition) is 5. The van der Waals surface area contributed by atoms with Gasteiger partial charge in [0.25, 0.3) is 0 Å². The Kier molecular flexibility index (Phi) is 7.62. The number of morpholine rings is 1. The van der Waals surface area contributed by atoms with E-state index in [-0.39, 0.29) is 17.2 Å². The molecule has 1 aliphatic rings. The predicted molar refractivity (Wildman–Crippen MR) is 131 cm³/mol. The summed E-state index contributed by atoms with van der Waals surface area (Å²) < 4.78 is 38.9. The number of carbonyl (C=O) groups is 1. The number of amides is 1. The number of para-hydroxylation sites is 1. The highest BCUT2D eigenvalue weighted by molar-refractivity contribution is 7.89. The maximum absolute atomic E-state index is 13.1. The molecule has 0 bridgehead atoms. The van der Waals surface area contributed by atoms with Crippen LogP contribution in [0.15, 0.2) is 77.7 Å². The highest BCUT2D eigenvalue weighted by Crippen LogP contribution is 2.33. The molecule has 1 heterocycles. The molecular weight excluding hydrogens is 452 g/mol. The molecule has 1 amide bonds. The molecule has 0 aliphatic carbocycles. The van der Waals surface area contributed by atoms with Gasteiger partial charge < -0.3 is 14.8 Å². The fraction of sp³-hybridized carbons (Fsp3) is 0.269. The molecule has 0 atom stereocenters. The van der Waals surface area contributed by atoms with E-state index in [1.165, 1.54) is 16.4 Å². The lowest BCUT2D eigenvalue weighted by Crippen LogP contribution is -2.40. The number of anilines is 1. The highest BCUT2D eigenvalue weighted by atomic mass is 32.2. The van der Waals surface area contributed by atoms with Gasteiger partial charge in [0.05, 0.1) is 23.8 Å². The van der Waals surface area contributed by atoms with Crippen molar-refractivity contribution in [1.29, 1.82) is 0 Å². The summed E-state index contributed by atoms with van der Waals surface area (Å²) in [6.07, 6.45) is 0.834. The molecule has 1 saturated heterocycles. The smallest absolute Gasteiger partial charge is 0.243 e. The molecule has 7 nitrogen and oxygen atoms in total. The molecule has 34 heavy (non-hydrogen) atoms. The summed E-state index contributed by atoms with van der Waals surface area (Å²) in [5, 5.41) is 2.86. The van der Waals surface area contributed by atoms with E-state index in [9.17, 15) is 13.2 Å². The molecule has 0 aromatic heterocycles. The van der Waals surface area contributed by atoms with Gasteiger partial charge in [-0.05, 0) is 49.2 Å². The Morgan fingerprint density at radius 1 is 1.00 bits per heavy atom. The van der Waals surface area contributed by atoms with E-state index >= 15 is 0 Å². The molecule has 0 unspecified atom stereocenters. The number of hydrogen-bond donors (Lipinski definition) is 1. The summed E-state index contributed by atoms with van der Waals surface area (Å²) in [6, 6.07) is 21.7. The van der Waals surface area contributed by atoms with Crippen LogP contribution in [0, 0.1) is 6.92 Å². The van der Waals surface area contributed by atoms with Gasteiger partial charge in [0, 0.05) is 19.5 Å². The van der Waals surface area contributed by atoms with Gasteiger partial charge in [-0.1, -0.05) is 48.0 Å². The summed E-state index contributed by atoms with van der Waals surface area (Å²) in [5.74, 6) is 0.733. The van der Waals surface area contributed by atoms with Crippen LogP contribution in [0.5, 0.6) is 11.5 Å². The van der Waals surface area contributed by atoms with Gasteiger partial charge in [0.15, 0.2) is 5.75 Å². The van der Waals surface area contributed by atoms with Crippen LogP contribution in [0.3, 0.4) is 0 Å². The number of aryl methyl sites for hydroxylation is 2. The molecule has 1 fully saturated rings. The first-order valence-corrected chi connectivity index (χ1v) is 12.7. The van der Waals surface area contributed by atoms with Crippen LogP contribution >= 0.6 is 0 Å². The van der Waals surface area contributed by atoms with Crippen LogP contribution < -0.4 is 10.1 Å². The SMILES string of the molecule is Cc1ccc(CCC(=O)Nc2cc(S(=O)(=O)N3CCOCC3)ccc2Oc2ccccc2)cc1. The molecule has 3 aromatic rings. The van der Waals surface area contributed by atoms with Crippen molar-refractivity contribution in [3.05, 3.63) is 83.9 Å². The average Bonchev–Trinajstić information content (AvgIpc) is 2.86. The first kappa shape index (κ1) is 23.9. The lowest BCUT2D eigenvalue weighted by atomic mass is 10.1. The summed E-state index contributed by atoms with van der Waals surface area (Å²) in [7, 11) is -3.72. The van der Waals surface area contributed by atoms with Crippen molar-refractivity contribution in [3.8, 4) is 11.5 Å². The van der Waals surface area contributed by atoms with Crippen LogP contribution in [0.2, 0.25) is 0 Å². The zero-order valence-electron chi connectivity index (χ0n) is 19.1. The number of sulfonamides is 1. The van der Waals surface area contributed by atoms with Gasteiger partial charge in [-0.25, -0.2) is 8.42 Å². The van der Waals surface area contributed by atoms with E-state index in [0.717, 1.165) is 11.1 Å². The van der Waals surface area contributed by atoms with Crippen LogP contribution in [0.4, 0.5) is 5.69 Å². The number of nitrogens with zero attached hydrogens (tertiary/aromatic N) is 1. The molecule has 8 heteroatoms. The maximum atomic E-state index is 13.1. The van der Waals surface area contributed by atoms with Crippen molar-refractivity contribution in [2.75, 3.05) is 31.6 Å². The van der Waals surface area contributed by atoms with Gasteiger partial charge in [-0.15, -0.1) is 0 Å². The number of ether oxygens (including phenoxy) is 2. The number of nitrogens with one attached hydrogen (secondary N) is 1. The Hall–Kier alpha value is -3.20. The van der Waals surface area contributed by atoms with Gasteiger partial charge in [0.1, 0.15) is 5.75 Å². The molecule has 0 spiro atoms. The third-order valence-corrected chi connectivity index (χ3v) is 7.46. The summed E-state index contributed by atoms with van der Waals surface area (Å²) >= 11 is 0. The molecule has 1 N–H and O–H groups in total. The Morgan fingerprint density at radius 3 is 2.41 bits per heavy atom. The minimum Gasteiger partial charge on any atom is -0.455 e. The zero-order valence-corrected chi connectivity index (χ0v) is 19.9. The topological polar surface area (TPSA) is 84.9 Å². The third kappa shape index (κ3) is 6.02. The van der Waals surface area contributed by atoms with Crippen LogP contribution in [0.25, 0.3) is 0 Å². The Balaban J connectivity index is 1.56. The maximum Gasteiger partial charge on any atom is 0.243 e. The van der Waals surface area contributed by atoms with E-state index in [0.29, 0.717) is 49.9 Å². The molecule has 0 radical (unpaired) electrons. The number of benzene rings is 3. The molecule has 4 rings (SSSR count). The minimum atomic E-state index is -3.72. The minimum absolute atomic E-state index is 0.101. The second kappa shape index (κ2) is 10.8. The Labute approximate surface area is 200 Å². The summed E-state index contributed by atoms with van der Waals surface area (Å²) in [6.45, 7) is 3.32. The van der Waals surface area contributed by atoms with Crippen LogP contribution in [-0.2, 0) is 26.0 Å². The molecule has 178 valence electrons. The standard InChI is InChI=1S/C26H28N2O5S/c1-20-7-9-21(10-8-20)11-14-26(29)27-24-19-23(34(30,31)28-15-17-32-18-16-28)12-13-25(24)33-22-5-3-2-4-6-22/h2-10,12-13,19H,11,14-18H2,1H3,(H,27,29). The lowest BCUT2D eigenvalue weighted by molar-refractivity contribution is -0.116. The van der Waals surface area contributed by atoms with E-state index < -0.39 is 10.0 Å². The largest absolute Gasteiger partial charge is 0.455 e. The van der Waals surface area contributed by atoms with E-state index in [4.69, 9.17) is 9.47 Å². The van der Waals surface area contributed by atoms with Crippen LogP contribution in [0.1, 0.15) is 17.5 Å². The third-order valence-electron chi connectivity index (χ3n) is 5.57. The Bertz CT molecular complexity index is 1220. The second-order valence-corrected chi connectivity index (χ2v) is 10.1. The molecular formula is C26H28N2O5S. The van der Waals surface area contributed by atoms with Gasteiger partial charge in [-0.2, -0.15) is 4.31 Å². The quantitative estimate of drug-likeness (QED) is 0.517. The normalized spacial score (nSPS) is 14.5. The van der Waals surface area contributed by atoms with Crippen LogP contribution in [-0.4, -0.2) is 44.9 Å². The van der Waals surface area contributed by atoms with Crippen molar-refractivity contribution in [3.63, 3.8) is 0 Å². The van der Waals surface area contributed by atoms with E-state index in [2.05, 4.69) is 5.32 Å². The predicted octanol–water partition coefficient (Wildman–Crippen LogP) is 4.38. The van der Waals surface area contributed by atoms with E-state index in [1.54, 1.807) is 18.2 Å². The second-order valence-electron chi connectivity index (χ2n) is 8.12. The molecule has 0 saturated carbocycles. The summed E-state index contributed by atoms with van der Waals surface area (Å²) in [4.78, 5) is 12.9. The van der Waals surface area contributed by atoms with Crippen molar-refractivity contribution >= 4 is 21.6 Å².